The fourth-order valence-corrected chi connectivity index (χ4v) is 4.35. The quantitative estimate of drug-likeness (QED) is 0.548. The molecule has 32 heavy (non-hydrogen) atoms. The van der Waals surface area contributed by atoms with Crippen LogP contribution in [0.1, 0.15) is 59.6 Å². The Labute approximate surface area is 193 Å². The van der Waals surface area contributed by atoms with Crippen molar-refractivity contribution in [2.75, 3.05) is 27.2 Å². The van der Waals surface area contributed by atoms with Crippen molar-refractivity contribution in [3.63, 3.8) is 0 Å². The Morgan fingerprint density at radius 1 is 1.09 bits per heavy atom. The molecule has 3 aromatic rings. The SMILES string of the molecule is Cc1cc2oc3c(c(=O)c2cc1Cl)C(c1ccc(C(C)(C)C)cc1)N(CCN(C)C)C3=O. The van der Waals surface area contributed by atoms with E-state index in [1.165, 1.54) is 5.56 Å². The minimum atomic E-state index is -0.493. The molecule has 1 aliphatic rings. The Morgan fingerprint density at radius 3 is 2.34 bits per heavy atom. The first-order valence-corrected chi connectivity index (χ1v) is 11.2. The van der Waals surface area contributed by atoms with E-state index in [9.17, 15) is 9.59 Å². The minimum absolute atomic E-state index is 0.0103. The second kappa shape index (κ2) is 8.05. The van der Waals surface area contributed by atoms with Gasteiger partial charge in [-0.3, -0.25) is 9.59 Å². The molecule has 0 bridgehead atoms. The first-order chi connectivity index (χ1) is 15.0. The first-order valence-electron chi connectivity index (χ1n) is 10.8. The Bertz CT molecular complexity index is 1250. The van der Waals surface area contributed by atoms with Crippen molar-refractivity contribution in [3.05, 3.63) is 79.7 Å². The van der Waals surface area contributed by atoms with E-state index in [1.54, 1.807) is 17.0 Å². The molecule has 0 N–H and O–H groups in total. The predicted molar refractivity (Wildman–Crippen MR) is 129 cm³/mol. The topological polar surface area (TPSA) is 53.8 Å². The smallest absolute Gasteiger partial charge is 0.290 e. The number of amides is 1. The highest BCUT2D eigenvalue weighted by molar-refractivity contribution is 6.32. The van der Waals surface area contributed by atoms with Crippen molar-refractivity contribution in [1.29, 1.82) is 0 Å². The van der Waals surface area contributed by atoms with Crippen LogP contribution in [0.25, 0.3) is 11.0 Å². The summed E-state index contributed by atoms with van der Waals surface area (Å²) >= 11 is 6.30. The molecule has 4 rings (SSSR count). The maximum Gasteiger partial charge on any atom is 0.290 e. The van der Waals surface area contributed by atoms with Gasteiger partial charge in [-0.1, -0.05) is 56.6 Å². The Hall–Kier alpha value is -2.63. The van der Waals surface area contributed by atoms with Crippen LogP contribution >= 0.6 is 11.6 Å². The number of fused-ring (bicyclic) bond motifs is 2. The van der Waals surface area contributed by atoms with Gasteiger partial charge in [0.2, 0.25) is 5.76 Å². The largest absolute Gasteiger partial charge is 0.450 e. The fraction of sp³-hybridized carbons (Fsp3) is 0.385. The number of hydrogen-bond acceptors (Lipinski definition) is 4. The summed E-state index contributed by atoms with van der Waals surface area (Å²) in [6.45, 7) is 9.48. The number of carbonyl (C=O) groups excluding carboxylic acids is 1. The van der Waals surface area contributed by atoms with Gasteiger partial charge in [0.25, 0.3) is 5.91 Å². The highest BCUT2D eigenvalue weighted by Gasteiger charge is 2.42. The lowest BCUT2D eigenvalue weighted by Crippen LogP contribution is -2.35. The average molecular weight is 453 g/mol. The Balaban J connectivity index is 1.92. The number of hydrogen-bond donors (Lipinski definition) is 0. The van der Waals surface area contributed by atoms with Gasteiger partial charge in [-0.15, -0.1) is 0 Å². The summed E-state index contributed by atoms with van der Waals surface area (Å²) in [5, 5.41) is 0.905. The van der Waals surface area contributed by atoms with E-state index >= 15 is 0 Å². The van der Waals surface area contributed by atoms with Crippen LogP contribution in [0, 0.1) is 6.92 Å². The molecule has 1 aromatic heterocycles. The second-order valence-corrected chi connectivity index (χ2v) is 10.3. The summed E-state index contributed by atoms with van der Waals surface area (Å²) in [6, 6.07) is 11.1. The van der Waals surface area contributed by atoms with Crippen LogP contribution in [0.3, 0.4) is 0 Å². The van der Waals surface area contributed by atoms with E-state index in [2.05, 4.69) is 32.9 Å². The maximum absolute atomic E-state index is 13.6. The third-order valence-electron chi connectivity index (χ3n) is 6.13. The molecule has 5 nitrogen and oxygen atoms in total. The van der Waals surface area contributed by atoms with Gasteiger partial charge in [-0.2, -0.15) is 0 Å². The van der Waals surface area contributed by atoms with Crippen molar-refractivity contribution in [1.82, 2.24) is 9.80 Å². The molecular formula is C26H29ClN2O3. The zero-order valence-corrected chi connectivity index (χ0v) is 20.2. The molecule has 0 spiro atoms. The third-order valence-corrected chi connectivity index (χ3v) is 6.53. The van der Waals surface area contributed by atoms with E-state index in [-0.39, 0.29) is 22.5 Å². The van der Waals surface area contributed by atoms with Gasteiger partial charge in [0.1, 0.15) is 5.58 Å². The van der Waals surface area contributed by atoms with Crippen molar-refractivity contribution < 1.29 is 9.21 Å². The average Bonchev–Trinajstić information content (AvgIpc) is 2.99. The molecule has 2 heterocycles. The molecular weight excluding hydrogens is 424 g/mol. The summed E-state index contributed by atoms with van der Waals surface area (Å²) in [5.41, 5.74) is 3.48. The molecule has 0 saturated carbocycles. The molecule has 6 heteroatoms. The van der Waals surface area contributed by atoms with Crippen LogP contribution in [0.5, 0.6) is 0 Å². The summed E-state index contributed by atoms with van der Waals surface area (Å²) < 4.78 is 6.04. The normalized spacial score (nSPS) is 16.3. The van der Waals surface area contributed by atoms with E-state index in [4.69, 9.17) is 16.0 Å². The van der Waals surface area contributed by atoms with E-state index in [0.29, 0.717) is 34.6 Å². The van der Waals surface area contributed by atoms with Crippen molar-refractivity contribution in [2.45, 2.75) is 39.2 Å². The van der Waals surface area contributed by atoms with Crippen molar-refractivity contribution in [3.8, 4) is 0 Å². The molecule has 1 atom stereocenters. The lowest BCUT2D eigenvalue weighted by molar-refractivity contribution is 0.0716. The minimum Gasteiger partial charge on any atom is -0.450 e. The van der Waals surface area contributed by atoms with Gasteiger partial charge in [-0.25, -0.2) is 0 Å². The molecule has 0 radical (unpaired) electrons. The van der Waals surface area contributed by atoms with Crippen LogP contribution in [-0.2, 0) is 5.41 Å². The van der Waals surface area contributed by atoms with Gasteiger partial charge in [0.05, 0.1) is 17.0 Å². The number of aryl methyl sites for hydroxylation is 1. The Kier molecular flexibility index (Phi) is 5.68. The highest BCUT2D eigenvalue weighted by atomic mass is 35.5. The van der Waals surface area contributed by atoms with E-state index < -0.39 is 6.04 Å². The number of halogens is 1. The van der Waals surface area contributed by atoms with Gasteiger partial charge in [0.15, 0.2) is 5.43 Å². The summed E-state index contributed by atoms with van der Waals surface area (Å²) in [4.78, 5) is 30.8. The first kappa shape index (κ1) is 22.6. The molecule has 168 valence electrons. The summed E-state index contributed by atoms with van der Waals surface area (Å²) in [5.74, 6) is -0.119. The Morgan fingerprint density at radius 2 is 1.75 bits per heavy atom. The lowest BCUT2D eigenvalue weighted by Gasteiger charge is -2.27. The monoisotopic (exact) mass is 452 g/mol. The molecule has 0 fully saturated rings. The van der Waals surface area contributed by atoms with Gasteiger partial charge >= 0.3 is 0 Å². The van der Waals surface area contributed by atoms with Crippen LogP contribution in [0.4, 0.5) is 0 Å². The van der Waals surface area contributed by atoms with Gasteiger partial charge in [-0.05, 0) is 55.3 Å². The van der Waals surface area contributed by atoms with Crippen LogP contribution in [0.15, 0.2) is 45.6 Å². The molecule has 2 aromatic carbocycles. The predicted octanol–water partition coefficient (Wildman–Crippen LogP) is 5.16. The summed E-state index contributed by atoms with van der Waals surface area (Å²) in [7, 11) is 3.92. The third kappa shape index (κ3) is 3.84. The van der Waals surface area contributed by atoms with E-state index in [1.807, 2.05) is 38.1 Å². The number of nitrogens with zero attached hydrogens (tertiary/aromatic N) is 2. The molecule has 1 unspecified atom stereocenters. The summed E-state index contributed by atoms with van der Waals surface area (Å²) in [6.07, 6.45) is 0. The molecule has 1 aliphatic heterocycles. The number of carbonyl (C=O) groups is 1. The van der Waals surface area contributed by atoms with Crippen LogP contribution in [0.2, 0.25) is 5.02 Å². The van der Waals surface area contributed by atoms with E-state index in [0.717, 1.165) is 11.1 Å². The van der Waals surface area contributed by atoms with Crippen molar-refractivity contribution in [2.24, 2.45) is 0 Å². The molecule has 0 aliphatic carbocycles. The zero-order chi connectivity index (χ0) is 23.4. The molecule has 0 saturated heterocycles. The number of likely N-dealkylation sites (N-methyl/N-ethyl adjacent to an activating group) is 1. The second-order valence-electron chi connectivity index (χ2n) is 9.85. The maximum atomic E-state index is 13.6. The van der Waals surface area contributed by atoms with Gasteiger partial charge < -0.3 is 14.2 Å². The number of rotatable bonds is 4. The lowest BCUT2D eigenvalue weighted by atomic mass is 9.86. The van der Waals surface area contributed by atoms with Crippen LogP contribution < -0.4 is 5.43 Å². The number of benzene rings is 2. The fourth-order valence-electron chi connectivity index (χ4n) is 4.19. The molecule has 1 amide bonds. The highest BCUT2D eigenvalue weighted by Crippen LogP contribution is 2.39. The zero-order valence-electron chi connectivity index (χ0n) is 19.5. The van der Waals surface area contributed by atoms with Crippen LogP contribution in [-0.4, -0.2) is 42.9 Å². The standard InChI is InChI=1S/C26H29ClN2O3/c1-15-13-20-18(14-19(15)27)23(30)21-22(16-7-9-17(10-8-16)26(2,3)4)29(12-11-28(5)6)25(31)24(21)32-20/h7-10,13-14,22H,11-12H2,1-6H3. The van der Waals surface area contributed by atoms with Gasteiger partial charge in [0, 0.05) is 18.1 Å². The van der Waals surface area contributed by atoms with Crippen molar-refractivity contribution >= 4 is 28.5 Å².